The van der Waals surface area contributed by atoms with Crippen LogP contribution in [0.25, 0.3) is 16.7 Å². The number of hydrogen-bond acceptors (Lipinski definition) is 5. The second kappa shape index (κ2) is 9.96. The third-order valence-electron chi connectivity index (χ3n) is 5.02. The van der Waals surface area contributed by atoms with E-state index in [1.165, 1.54) is 34.9 Å². The molecular formula is C23H16ClF3N4O3S. The Morgan fingerprint density at radius 1 is 1.11 bits per heavy atom. The van der Waals surface area contributed by atoms with Crippen LogP contribution in [0.1, 0.15) is 11.1 Å². The van der Waals surface area contributed by atoms with Gasteiger partial charge in [0.15, 0.2) is 5.16 Å². The number of amides is 1. The number of nitro groups is 1. The lowest BCUT2D eigenvalue weighted by Crippen LogP contribution is -2.24. The summed E-state index contributed by atoms with van der Waals surface area (Å²) < 4.78 is 41.4. The van der Waals surface area contributed by atoms with Gasteiger partial charge in [-0.3, -0.25) is 19.5 Å². The molecule has 35 heavy (non-hydrogen) atoms. The minimum atomic E-state index is -4.56. The van der Waals surface area contributed by atoms with Gasteiger partial charge in [-0.25, -0.2) is 4.98 Å². The molecule has 4 rings (SSSR count). The van der Waals surface area contributed by atoms with Gasteiger partial charge in [0.1, 0.15) is 0 Å². The quantitative estimate of drug-likeness (QED) is 0.183. The largest absolute Gasteiger partial charge is 0.416 e. The number of benzene rings is 3. The zero-order valence-electron chi connectivity index (χ0n) is 17.8. The van der Waals surface area contributed by atoms with Crippen molar-refractivity contribution in [2.75, 3.05) is 5.75 Å². The number of carbonyl (C=O) groups is 1. The molecule has 1 aromatic heterocycles. The number of non-ortho nitro benzene ring substituents is 1. The summed E-state index contributed by atoms with van der Waals surface area (Å²) in [4.78, 5) is 27.4. The number of nitrogens with one attached hydrogen (secondary N) is 1. The molecule has 0 atom stereocenters. The van der Waals surface area contributed by atoms with Crippen molar-refractivity contribution in [3.05, 3.63) is 93.0 Å². The number of nitro benzene ring substituents is 1. The number of nitrogens with zero attached hydrogens (tertiary/aromatic N) is 3. The fraction of sp³-hybridized carbons (Fsp3) is 0.130. The summed E-state index contributed by atoms with van der Waals surface area (Å²) >= 11 is 7.09. The monoisotopic (exact) mass is 520 g/mol. The van der Waals surface area contributed by atoms with Crippen molar-refractivity contribution in [3.8, 4) is 5.69 Å². The minimum Gasteiger partial charge on any atom is -0.351 e. The van der Waals surface area contributed by atoms with Crippen LogP contribution in [0.15, 0.2) is 71.9 Å². The van der Waals surface area contributed by atoms with Gasteiger partial charge in [-0.05, 0) is 35.9 Å². The van der Waals surface area contributed by atoms with Gasteiger partial charge in [-0.2, -0.15) is 13.2 Å². The average molecular weight is 521 g/mol. The van der Waals surface area contributed by atoms with E-state index in [-0.39, 0.29) is 40.3 Å². The van der Waals surface area contributed by atoms with Gasteiger partial charge in [0.05, 0.1) is 27.3 Å². The molecule has 12 heteroatoms. The number of fused-ring (bicyclic) bond motifs is 1. The Kier molecular flexibility index (Phi) is 6.99. The predicted molar refractivity (Wildman–Crippen MR) is 127 cm³/mol. The van der Waals surface area contributed by atoms with E-state index < -0.39 is 16.7 Å². The first kappa shape index (κ1) is 24.6. The van der Waals surface area contributed by atoms with Crippen LogP contribution < -0.4 is 5.32 Å². The lowest BCUT2D eigenvalue weighted by molar-refractivity contribution is -0.384. The summed E-state index contributed by atoms with van der Waals surface area (Å²) in [6.45, 7) is 0.204. The summed E-state index contributed by atoms with van der Waals surface area (Å²) in [5.41, 5.74) is 0.420. The fourth-order valence-corrected chi connectivity index (χ4v) is 4.41. The van der Waals surface area contributed by atoms with Crippen LogP contribution in [-0.4, -0.2) is 26.1 Å². The van der Waals surface area contributed by atoms with Gasteiger partial charge in [0.25, 0.3) is 5.69 Å². The SMILES string of the molecule is O=C(CSc1nc2cc([N+](=O)[O-])ccc2n1-c1cccc(C(F)(F)F)c1)NCc1ccccc1Cl. The van der Waals surface area contributed by atoms with Crippen molar-refractivity contribution in [1.29, 1.82) is 0 Å². The molecule has 7 nitrogen and oxygen atoms in total. The van der Waals surface area contributed by atoms with Crippen LogP contribution in [0.5, 0.6) is 0 Å². The number of imidazole rings is 1. The second-order valence-corrected chi connectivity index (χ2v) is 8.71. The predicted octanol–water partition coefficient (Wildman–Crippen LogP) is 6.01. The molecule has 3 aromatic carbocycles. The molecular weight excluding hydrogens is 505 g/mol. The van der Waals surface area contributed by atoms with Crippen LogP contribution in [-0.2, 0) is 17.5 Å². The number of alkyl halides is 3. The van der Waals surface area contributed by atoms with Gasteiger partial charge in [-0.15, -0.1) is 0 Å². The van der Waals surface area contributed by atoms with E-state index in [2.05, 4.69) is 10.3 Å². The maximum Gasteiger partial charge on any atom is 0.416 e. The highest BCUT2D eigenvalue weighted by Crippen LogP contribution is 2.34. The molecule has 180 valence electrons. The van der Waals surface area contributed by atoms with E-state index >= 15 is 0 Å². The van der Waals surface area contributed by atoms with Gasteiger partial charge >= 0.3 is 6.18 Å². The van der Waals surface area contributed by atoms with E-state index in [0.29, 0.717) is 10.5 Å². The summed E-state index contributed by atoms with van der Waals surface area (Å²) in [6.07, 6.45) is -4.56. The molecule has 0 aliphatic heterocycles. The number of carbonyl (C=O) groups excluding carboxylic acids is 1. The normalized spacial score (nSPS) is 11.5. The molecule has 0 aliphatic carbocycles. The first-order chi connectivity index (χ1) is 16.6. The topological polar surface area (TPSA) is 90.1 Å². The molecule has 0 spiro atoms. The highest BCUT2D eigenvalue weighted by molar-refractivity contribution is 7.99. The smallest absolute Gasteiger partial charge is 0.351 e. The van der Waals surface area contributed by atoms with E-state index in [1.807, 2.05) is 0 Å². The van der Waals surface area contributed by atoms with Gasteiger partial charge in [0, 0.05) is 29.4 Å². The Labute approximate surface area is 206 Å². The Hall–Kier alpha value is -3.57. The molecule has 1 N–H and O–H groups in total. The average Bonchev–Trinajstić information content (AvgIpc) is 3.19. The molecule has 0 fully saturated rings. The summed E-state index contributed by atoms with van der Waals surface area (Å²) in [7, 11) is 0. The second-order valence-electron chi connectivity index (χ2n) is 7.36. The Bertz CT molecular complexity index is 1420. The Morgan fingerprint density at radius 3 is 2.60 bits per heavy atom. The van der Waals surface area contributed by atoms with Crippen molar-refractivity contribution < 1.29 is 22.9 Å². The van der Waals surface area contributed by atoms with E-state index in [9.17, 15) is 28.1 Å². The van der Waals surface area contributed by atoms with Crippen molar-refractivity contribution >= 4 is 46.0 Å². The molecule has 0 bridgehead atoms. The first-order valence-electron chi connectivity index (χ1n) is 10.1. The minimum absolute atomic E-state index is 0.0885. The zero-order chi connectivity index (χ0) is 25.2. The molecule has 0 radical (unpaired) electrons. The summed E-state index contributed by atoms with van der Waals surface area (Å²) in [6, 6.07) is 15.6. The van der Waals surface area contributed by atoms with Crippen LogP contribution in [0.2, 0.25) is 5.02 Å². The van der Waals surface area contributed by atoms with Crippen LogP contribution >= 0.6 is 23.4 Å². The lowest BCUT2D eigenvalue weighted by atomic mass is 10.2. The fourth-order valence-electron chi connectivity index (χ4n) is 3.34. The highest BCUT2D eigenvalue weighted by atomic mass is 35.5. The molecule has 0 unspecified atom stereocenters. The van der Waals surface area contributed by atoms with Crippen LogP contribution in [0.3, 0.4) is 0 Å². The van der Waals surface area contributed by atoms with E-state index in [0.717, 1.165) is 29.5 Å². The van der Waals surface area contributed by atoms with E-state index in [1.54, 1.807) is 24.3 Å². The van der Waals surface area contributed by atoms with E-state index in [4.69, 9.17) is 11.6 Å². The zero-order valence-corrected chi connectivity index (χ0v) is 19.3. The molecule has 4 aromatic rings. The molecule has 0 saturated carbocycles. The summed E-state index contributed by atoms with van der Waals surface area (Å²) in [5, 5.41) is 14.6. The molecule has 0 aliphatic rings. The number of hydrogen-bond donors (Lipinski definition) is 1. The third-order valence-corrected chi connectivity index (χ3v) is 6.32. The number of halogens is 4. The Morgan fingerprint density at radius 2 is 1.89 bits per heavy atom. The van der Waals surface area contributed by atoms with Crippen molar-refractivity contribution in [1.82, 2.24) is 14.9 Å². The number of thioether (sulfide) groups is 1. The van der Waals surface area contributed by atoms with Gasteiger partial charge < -0.3 is 5.32 Å². The van der Waals surface area contributed by atoms with Crippen LogP contribution in [0, 0.1) is 10.1 Å². The lowest BCUT2D eigenvalue weighted by Gasteiger charge is -2.12. The summed E-state index contributed by atoms with van der Waals surface area (Å²) in [5.74, 6) is -0.432. The van der Waals surface area contributed by atoms with Crippen molar-refractivity contribution in [2.24, 2.45) is 0 Å². The standard InChI is InChI=1S/C23H16ClF3N4O3S/c24-18-7-2-1-4-14(18)12-28-21(32)13-35-22-29-19-11-17(31(33)34)8-9-20(19)30(22)16-6-3-5-15(10-16)23(25,26)27/h1-11H,12-13H2,(H,28,32). The number of aromatic nitrogens is 2. The number of rotatable bonds is 7. The Balaban J connectivity index is 1.64. The van der Waals surface area contributed by atoms with Crippen molar-refractivity contribution in [3.63, 3.8) is 0 Å². The maximum atomic E-state index is 13.3. The molecule has 1 amide bonds. The first-order valence-corrected chi connectivity index (χ1v) is 11.5. The molecule has 1 heterocycles. The third kappa shape index (κ3) is 5.57. The maximum absolute atomic E-state index is 13.3. The van der Waals surface area contributed by atoms with Crippen LogP contribution in [0.4, 0.5) is 18.9 Å². The molecule has 0 saturated heterocycles. The van der Waals surface area contributed by atoms with Gasteiger partial charge in [0.2, 0.25) is 5.91 Å². The van der Waals surface area contributed by atoms with Gasteiger partial charge in [-0.1, -0.05) is 47.6 Å². The highest BCUT2D eigenvalue weighted by Gasteiger charge is 2.31. The van der Waals surface area contributed by atoms with Crippen molar-refractivity contribution in [2.45, 2.75) is 17.9 Å².